The fraction of sp³-hybridized carbons (Fsp3) is 0.455. The predicted molar refractivity (Wildman–Crippen MR) is 68.3 cm³/mol. The number of benzene rings is 1. The first-order valence-corrected chi connectivity index (χ1v) is 7.10. The van der Waals surface area contributed by atoms with Gasteiger partial charge in [-0.3, -0.25) is 0 Å². The third-order valence-electron chi connectivity index (χ3n) is 2.41. The van der Waals surface area contributed by atoms with Crippen LogP contribution in [0.15, 0.2) is 24.3 Å². The molecule has 1 fully saturated rings. The molecule has 0 amide bonds. The number of thioether (sulfide) groups is 2. The normalized spacial score (nSPS) is 20.7. The van der Waals surface area contributed by atoms with Crippen LogP contribution in [0.5, 0.6) is 0 Å². The molecule has 0 bridgehead atoms. The topological polar surface area (TPSA) is 0 Å². The van der Waals surface area contributed by atoms with E-state index in [4.69, 9.17) is 11.6 Å². The van der Waals surface area contributed by atoms with E-state index in [0.717, 1.165) is 5.02 Å². The standard InChI is InChI=1S/C11H13ClS2/c1-11(13-7-2-8-14-11)9-3-5-10(12)6-4-9/h3-6H,2,7-8H2,1H3. The zero-order chi connectivity index (χ0) is 10.0. The minimum absolute atomic E-state index is 0.239. The molecule has 1 aromatic carbocycles. The van der Waals surface area contributed by atoms with Crippen molar-refractivity contribution in [1.82, 2.24) is 0 Å². The van der Waals surface area contributed by atoms with Gasteiger partial charge in [0.15, 0.2) is 0 Å². The van der Waals surface area contributed by atoms with E-state index >= 15 is 0 Å². The van der Waals surface area contributed by atoms with Crippen molar-refractivity contribution in [3.63, 3.8) is 0 Å². The van der Waals surface area contributed by atoms with Crippen LogP contribution in [0.25, 0.3) is 0 Å². The molecule has 0 N–H and O–H groups in total. The number of rotatable bonds is 1. The van der Waals surface area contributed by atoms with Crippen LogP contribution in [0, 0.1) is 0 Å². The van der Waals surface area contributed by atoms with Crippen LogP contribution < -0.4 is 0 Å². The highest BCUT2D eigenvalue weighted by Crippen LogP contribution is 2.49. The minimum atomic E-state index is 0.239. The van der Waals surface area contributed by atoms with Crippen molar-refractivity contribution in [2.24, 2.45) is 0 Å². The average molecular weight is 245 g/mol. The molecule has 0 spiro atoms. The van der Waals surface area contributed by atoms with Crippen LogP contribution in [0.4, 0.5) is 0 Å². The summed E-state index contributed by atoms with van der Waals surface area (Å²) in [6.07, 6.45) is 1.33. The van der Waals surface area contributed by atoms with E-state index in [1.54, 1.807) is 0 Å². The summed E-state index contributed by atoms with van der Waals surface area (Å²) >= 11 is 9.97. The van der Waals surface area contributed by atoms with Crippen LogP contribution in [-0.4, -0.2) is 11.5 Å². The highest BCUT2D eigenvalue weighted by molar-refractivity contribution is 8.18. The molecule has 0 aromatic heterocycles. The van der Waals surface area contributed by atoms with Crippen molar-refractivity contribution in [2.75, 3.05) is 11.5 Å². The maximum Gasteiger partial charge on any atom is 0.0832 e. The van der Waals surface area contributed by atoms with E-state index in [1.165, 1.54) is 23.5 Å². The number of hydrogen-bond acceptors (Lipinski definition) is 2. The van der Waals surface area contributed by atoms with Crippen molar-refractivity contribution in [2.45, 2.75) is 17.4 Å². The fourth-order valence-corrected chi connectivity index (χ4v) is 4.66. The summed E-state index contributed by atoms with van der Waals surface area (Å²) in [6, 6.07) is 8.26. The van der Waals surface area contributed by atoms with Gasteiger partial charge in [-0.05, 0) is 42.5 Å². The molecule has 3 heteroatoms. The lowest BCUT2D eigenvalue weighted by molar-refractivity contribution is 0.963. The third kappa shape index (κ3) is 2.23. The Morgan fingerprint density at radius 2 is 1.71 bits per heavy atom. The van der Waals surface area contributed by atoms with Crippen molar-refractivity contribution in [1.29, 1.82) is 0 Å². The second kappa shape index (κ2) is 4.38. The van der Waals surface area contributed by atoms with E-state index < -0.39 is 0 Å². The summed E-state index contributed by atoms with van der Waals surface area (Å²) < 4.78 is 0.239. The number of hydrogen-bond donors (Lipinski definition) is 0. The highest BCUT2D eigenvalue weighted by Gasteiger charge is 2.29. The molecule has 2 rings (SSSR count). The molecule has 0 atom stereocenters. The molecule has 0 unspecified atom stereocenters. The molecule has 76 valence electrons. The Bertz CT molecular complexity index is 302. The maximum atomic E-state index is 5.88. The molecular formula is C11H13ClS2. The van der Waals surface area contributed by atoms with Gasteiger partial charge in [0.25, 0.3) is 0 Å². The van der Waals surface area contributed by atoms with Gasteiger partial charge in [-0.25, -0.2) is 0 Å². The molecule has 0 nitrogen and oxygen atoms in total. The van der Waals surface area contributed by atoms with Crippen LogP contribution in [0.3, 0.4) is 0 Å². The van der Waals surface area contributed by atoms with E-state index in [-0.39, 0.29) is 4.08 Å². The van der Waals surface area contributed by atoms with Crippen LogP contribution in [-0.2, 0) is 4.08 Å². The van der Waals surface area contributed by atoms with Gasteiger partial charge in [-0.15, -0.1) is 23.5 Å². The SMILES string of the molecule is CC1(c2ccc(Cl)cc2)SCCCS1. The lowest BCUT2D eigenvalue weighted by atomic mass is 10.2. The minimum Gasteiger partial charge on any atom is -0.140 e. The van der Waals surface area contributed by atoms with Gasteiger partial charge in [0.2, 0.25) is 0 Å². The zero-order valence-electron chi connectivity index (χ0n) is 8.13. The molecule has 1 aliphatic rings. The van der Waals surface area contributed by atoms with Gasteiger partial charge in [-0.1, -0.05) is 23.7 Å². The third-order valence-corrected chi connectivity index (χ3v) is 5.93. The Labute approximate surface area is 98.8 Å². The predicted octanol–water partition coefficient (Wildman–Crippen LogP) is 4.38. The fourth-order valence-electron chi connectivity index (χ4n) is 1.55. The van der Waals surface area contributed by atoms with Gasteiger partial charge in [-0.2, -0.15) is 0 Å². The second-order valence-corrected chi connectivity index (χ2v) is 7.22. The average Bonchev–Trinajstić information content (AvgIpc) is 2.19. The Morgan fingerprint density at radius 1 is 1.14 bits per heavy atom. The van der Waals surface area contributed by atoms with Gasteiger partial charge < -0.3 is 0 Å². The maximum absolute atomic E-state index is 5.88. The summed E-state index contributed by atoms with van der Waals surface area (Å²) in [7, 11) is 0. The first kappa shape index (κ1) is 10.7. The second-order valence-electron chi connectivity index (χ2n) is 3.50. The molecular weight excluding hydrogens is 232 g/mol. The van der Waals surface area contributed by atoms with E-state index in [9.17, 15) is 0 Å². The monoisotopic (exact) mass is 244 g/mol. The number of halogens is 1. The smallest absolute Gasteiger partial charge is 0.0832 e. The Kier molecular flexibility index (Phi) is 3.35. The van der Waals surface area contributed by atoms with Crippen molar-refractivity contribution in [3.05, 3.63) is 34.9 Å². The van der Waals surface area contributed by atoms with Crippen molar-refractivity contribution in [3.8, 4) is 0 Å². The summed E-state index contributed by atoms with van der Waals surface area (Å²) in [6.45, 7) is 2.31. The first-order valence-electron chi connectivity index (χ1n) is 4.75. The van der Waals surface area contributed by atoms with Crippen LogP contribution >= 0.6 is 35.1 Å². The molecule has 1 aliphatic heterocycles. The molecule has 1 heterocycles. The molecule has 1 saturated heterocycles. The summed E-state index contributed by atoms with van der Waals surface area (Å²) in [5.41, 5.74) is 1.39. The van der Waals surface area contributed by atoms with Crippen molar-refractivity contribution < 1.29 is 0 Å². The Morgan fingerprint density at radius 3 is 2.29 bits per heavy atom. The van der Waals surface area contributed by atoms with Gasteiger partial charge in [0.05, 0.1) is 4.08 Å². The van der Waals surface area contributed by atoms with E-state index in [1.807, 2.05) is 35.7 Å². The quantitative estimate of drug-likeness (QED) is 0.719. The Hall–Kier alpha value is 0.210. The molecule has 1 aromatic rings. The molecule has 14 heavy (non-hydrogen) atoms. The van der Waals surface area contributed by atoms with E-state index in [2.05, 4.69) is 19.1 Å². The highest BCUT2D eigenvalue weighted by atomic mass is 35.5. The van der Waals surface area contributed by atoms with Gasteiger partial charge >= 0.3 is 0 Å². The summed E-state index contributed by atoms with van der Waals surface area (Å²) in [5.74, 6) is 2.54. The molecule has 0 radical (unpaired) electrons. The lowest BCUT2D eigenvalue weighted by Gasteiger charge is -2.32. The summed E-state index contributed by atoms with van der Waals surface area (Å²) in [5, 5.41) is 0.822. The Balaban J connectivity index is 2.23. The molecule has 0 aliphatic carbocycles. The zero-order valence-corrected chi connectivity index (χ0v) is 10.5. The first-order chi connectivity index (χ1) is 6.71. The van der Waals surface area contributed by atoms with E-state index in [0.29, 0.717) is 0 Å². The molecule has 0 saturated carbocycles. The van der Waals surface area contributed by atoms with Gasteiger partial charge in [0.1, 0.15) is 0 Å². The summed E-state index contributed by atoms with van der Waals surface area (Å²) in [4.78, 5) is 0. The van der Waals surface area contributed by atoms with Crippen LogP contribution in [0.2, 0.25) is 5.02 Å². The van der Waals surface area contributed by atoms with Gasteiger partial charge in [0, 0.05) is 5.02 Å². The van der Waals surface area contributed by atoms with Crippen molar-refractivity contribution >= 4 is 35.1 Å². The van der Waals surface area contributed by atoms with Crippen LogP contribution in [0.1, 0.15) is 18.9 Å². The largest absolute Gasteiger partial charge is 0.140 e. The lowest BCUT2D eigenvalue weighted by Crippen LogP contribution is -2.18.